The summed E-state index contributed by atoms with van der Waals surface area (Å²) in [4.78, 5) is 29.1. The van der Waals surface area contributed by atoms with E-state index < -0.39 is 6.04 Å². The summed E-state index contributed by atoms with van der Waals surface area (Å²) in [6.45, 7) is 2.86. The van der Waals surface area contributed by atoms with Crippen LogP contribution in [-0.2, 0) is 16.0 Å². The smallest absolute Gasteiger partial charge is 0.252 e. The van der Waals surface area contributed by atoms with Gasteiger partial charge in [0.1, 0.15) is 6.04 Å². The maximum Gasteiger partial charge on any atom is 0.252 e. The minimum absolute atomic E-state index is 0.0351. The molecule has 2 aromatic carbocycles. The number of ether oxygens (including phenoxy) is 2. The van der Waals surface area contributed by atoms with Crippen LogP contribution in [0.25, 0.3) is 0 Å². The lowest BCUT2D eigenvalue weighted by atomic mass is 10.1. The molecule has 2 aromatic rings. The number of nitrogens with zero attached hydrogens (tertiary/aromatic N) is 2. The van der Waals surface area contributed by atoms with E-state index in [2.05, 4.69) is 27.9 Å². The summed E-state index contributed by atoms with van der Waals surface area (Å²) < 4.78 is 11.8. The molecule has 0 aliphatic carbocycles. The van der Waals surface area contributed by atoms with Crippen LogP contribution in [0.3, 0.4) is 0 Å². The molecule has 0 saturated carbocycles. The lowest BCUT2D eigenvalue weighted by Gasteiger charge is -2.24. The summed E-state index contributed by atoms with van der Waals surface area (Å²) in [6, 6.07) is 12.6. The molecule has 1 atom stereocenters. The Hall–Kier alpha value is -2.40. The molecule has 32 heavy (non-hydrogen) atoms. The van der Waals surface area contributed by atoms with Gasteiger partial charge in [0.25, 0.3) is 5.91 Å². The van der Waals surface area contributed by atoms with E-state index in [1.807, 2.05) is 54.3 Å². The minimum atomic E-state index is -0.619. The van der Waals surface area contributed by atoms with Gasteiger partial charge in [-0.25, -0.2) is 0 Å². The maximum absolute atomic E-state index is 13.0. The number of carbonyl (C=O) groups excluding carboxylic acids is 2. The Morgan fingerprint density at radius 1 is 1.12 bits per heavy atom. The van der Waals surface area contributed by atoms with Crippen LogP contribution in [0, 0.1) is 3.57 Å². The van der Waals surface area contributed by atoms with Crippen LogP contribution in [-0.4, -0.2) is 60.1 Å². The van der Waals surface area contributed by atoms with Crippen molar-refractivity contribution in [3.8, 4) is 11.5 Å². The molecule has 1 aliphatic rings. The molecular weight excluding hydrogens is 541 g/mol. The van der Waals surface area contributed by atoms with Gasteiger partial charge >= 0.3 is 0 Å². The quantitative estimate of drug-likeness (QED) is 0.368. The van der Waals surface area contributed by atoms with E-state index in [0.29, 0.717) is 41.8 Å². The number of hydrogen-bond donors (Lipinski definition) is 1. The molecule has 0 bridgehead atoms. The molecule has 1 saturated heterocycles. The summed E-state index contributed by atoms with van der Waals surface area (Å²) in [5.41, 5.74) is 1.72. The fraction of sp³-hybridized carbons (Fsp3) is 0.348. The van der Waals surface area contributed by atoms with Crippen molar-refractivity contribution >= 4 is 57.4 Å². The number of halogens is 1. The molecule has 3 rings (SSSR count). The van der Waals surface area contributed by atoms with Gasteiger partial charge in [0.05, 0.1) is 20.6 Å². The fourth-order valence-corrected chi connectivity index (χ4v) is 4.44. The average molecular weight is 567 g/mol. The van der Waals surface area contributed by atoms with Crippen LogP contribution < -0.4 is 14.8 Å². The molecule has 1 fully saturated rings. The number of amides is 2. The predicted octanol–water partition coefficient (Wildman–Crippen LogP) is 3.70. The minimum Gasteiger partial charge on any atom is -0.493 e. The van der Waals surface area contributed by atoms with Crippen LogP contribution in [0.2, 0.25) is 0 Å². The maximum atomic E-state index is 13.0. The highest BCUT2D eigenvalue weighted by Gasteiger charge is 2.42. The molecule has 1 unspecified atom stereocenters. The molecule has 2 amide bonds. The number of rotatable bonds is 9. The molecular formula is C23H26IN3O4S. The highest BCUT2D eigenvalue weighted by atomic mass is 127. The molecule has 1 aliphatic heterocycles. The van der Waals surface area contributed by atoms with E-state index in [9.17, 15) is 9.59 Å². The van der Waals surface area contributed by atoms with Crippen molar-refractivity contribution in [1.82, 2.24) is 9.80 Å². The summed E-state index contributed by atoms with van der Waals surface area (Å²) >= 11 is 7.78. The van der Waals surface area contributed by atoms with Gasteiger partial charge in [-0.1, -0.05) is 6.07 Å². The third kappa shape index (κ3) is 5.50. The summed E-state index contributed by atoms with van der Waals surface area (Å²) in [5, 5.41) is 3.34. The van der Waals surface area contributed by atoms with E-state index in [1.165, 1.54) is 0 Å². The van der Waals surface area contributed by atoms with Crippen LogP contribution in [0.15, 0.2) is 42.5 Å². The van der Waals surface area contributed by atoms with Crippen LogP contribution in [0.4, 0.5) is 5.69 Å². The van der Waals surface area contributed by atoms with Crippen LogP contribution >= 0.6 is 34.8 Å². The van der Waals surface area contributed by atoms with E-state index in [0.717, 1.165) is 9.13 Å². The van der Waals surface area contributed by atoms with Crippen molar-refractivity contribution in [3.05, 3.63) is 51.6 Å². The van der Waals surface area contributed by atoms with Gasteiger partial charge in [-0.15, -0.1) is 0 Å². The van der Waals surface area contributed by atoms with Gasteiger partial charge in [0.15, 0.2) is 16.6 Å². The molecule has 1 heterocycles. The van der Waals surface area contributed by atoms with Crippen molar-refractivity contribution in [2.45, 2.75) is 25.8 Å². The third-order valence-corrected chi connectivity index (χ3v) is 6.49. The summed E-state index contributed by atoms with van der Waals surface area (Å²) in [5.74, 6) is 0.947. The van der Waals surface area contributed by atoms with Crippen molar-refractivity contribution in [1.29, 1.82) is 0 Å². The SMILES string of the molecule is CCN1C(=O)C(CC(=O)Nc2ccc(I)cc2)N(CCc2ccc(OC)c(OC)c2)C1=S. The predicted molar refractivity (Wildman–Crippen MR) is 136 cm³/mol. The Balaban J connectivity index is 1.71. The Labute approximate surface area is 207 Å². The molecule has 1 N–H and O–H groups in total. The second kappa shape index (κ2) is 11.0. The standard InChI is InChI=1S/C23H26IN3O4S/c1-4-26-22(29)18(14-21(28)25-17-8-6-16(24)7-9-17)27(23(26)32)12-11-15-5-10-19(30-2)20(13-15)31-3/h5-10,13,18H,4,11-12,14H2,1-3H3,(H,25,28). The molecule has 7 nitrogen and oxygen atoms in total. The van der Waals surface area contributed by atoms with E-state index in [1.54, 1.807) is 19.1 Å². The second-order valence-corrected chi connectivity index (χ2v) is 8.88. The highest BCUT2D eigenvalue weighted by Crippen LogP contribution is 2.28. The van der Waals surface area contributed by atoms with Crippen molar-refractivity contribution < 1.29 is 19.1 Å². The van der Waals surface area contributed by atoms with Gasteiger partial charge in [-0.05, 0) is 90.1 Å². The largest absolute Gasteiger partial charge is 0.493 e. The first-order chi connectivity index (χ1) is 15.4. The normalized spacial score (nSPS) is 15.8. The Kier molecular flexibility index (Phi) is 8.30. The number of thiocarbonyl (C=S) groups is 1. The summed E-state index contributed by atoms with van der Waals surface area (Å²) in [7, 11) is 3.19. The zero-order chi connectivity index (χ0) is 23.3. The molecule has 9 heteroatoms. The summed E-state index contributed by atoms with van der Waals surface area (Å²) in [6.07, 6.45) is 0.675. The number of hydrogen-bond acceptors (Lipinski definition) is 5. The number of carbonyl (C=O) groups is 2. The molecule has 0 aromatic heterocycles. The van der Waals surface area contributed by atoms with Crippen LogP contribution in [0.5, 0.6) is 11.5 Å². The zero-order valence-corrected chi connectivity index (χ0v) is 21.2. The topological polar surface area (TPSA) is 71.1 Å². The van der Waals surface area contributed by atoms with Crippen molar-refractivity contribution in [2.24, 2.45) is 0 Å². The number of benzene rings is 2. The monoisotopic (exact) mass is 567 g/mol. The lowest BCUT2D eigenvalue weighted by Crippen LogP contribution is -2.39. The number of likely N-dealkylation sites (N-methyl/N-ethyl adjacent to an activating group) is 1. The van der Waals surface area contributed by atoms with Gasteiger partial charge in [0, 0.05) is 22.3 Å². The van der Waals surface area contributed by atoms with E-state index in [4.69, 9.17) is 21.7 Å². The van der Waals surface area contributed by atoms with Crippen molar-refractivity contribution in [2.75, 3.05) is 32.6 Å². The van der Waals surface area contributed by atoms with Gasteiger partial charge in [-0.3, -0.25) is 14.5 Å². The lowest BCUT2D eigenvalue weighted by molar-refractivity contribution is -0.130. The molecule has 170 valence electrons. The molecule has 0 spiro atoms. The van der Waals surface area contributed by atoms with Crippen molar-refractivity contribution in [3.63, 3.8) is 0 Å². The Morgan fingerprint density at radius 3 is 2.44 bits per heavy atom. The zero-order valence-electron chi connectivity index (χ0n) is 18.3. The highest BCUT2D eigenvalue weighted by molar-refractivity contribution is 14.1. The third-order valence-electron chi connectivity index (χ3n) is 5.32. The van der Waals surface area contributed by atoms with Gasteiger partial charge < -0.3 is 19.7 Å². The first-order valence-electron chi connectivity index (χ1n) is 10.3. The van der Waals surface area contributed by atoms with Gasteiger partial charge in [0.2, 0.25) is 5.91 Å². The van der Waals surface area contributed by atoms with Gasteiger partial charge in [-0.2, -0.15) is 0 Å². The number of methoxy groups -OCH3 is 2. The second-order valence-electron chi connectivity index (χ2n) is 7.27. The molecule has 0 radical (unpaired) electrons. The number of nitrogens with one attached hydrogen (secondary N) is 1. The first-order valence-corrected chi connectivity index (χ1v) is 11.7. The van der Waals surface area contributed by atoms with E-state index >= 15 is 0 Å². The average Bonchev–Trinajstić information content (AvgIpc) is 3.01. The van der Waals surface area contributed by atoms with E-state index in [-0.39, 0.29) is 18.2 Å². The number of anilines is 1. The first kappa shape index (κ1) is 24.2. The Morgan fingerprint density at radius 2 is 1.81 bits per heavy atom. The Bertz CT molecular complexity index is 999. The van der Waals surface area contributed by atoms with Crippen LogP contribution in [0.1, 0.15) is 18.9 Å². The fourth-order valence-electron chi connectivity index (χ4n) is 3.64.